The van der Waals surface area contributed by atoms with E-state index in [-0.39, 0.29) is 5.41 Å². The summed E-state index contributed by atoms with van der Waals surface area (Å²) in [7, 11) is 0. The Morgan fingerprint density at radius 2 is 1.88 bits per heavy atom. The maximum absolute atomic E-state index is 8.65. The second kappa shape index (κ2) is 8.31. The van der Waals surface area contributed by atoms with Gasteiger partial charge < -0.3 is 21.2 Å². The van der Waals surface area contributed by atoms with Crippen LogP contribution in [0.3, 0.4) is 0 Å². The lowest BCUT2D eigenvalue weighted by molar-refractivity contribution is 0.295. The molecule has 0 aliphatic carbocycles. The van der Waals surface area contributed by atoms with Crippen molar-refractivity contribution in [3.63, 3.8) is 0 Å². The van der Waals surface area contributed by atoms with E-state index in [9.17, 15) is 0 Å². The Kier molecular flexibility index (Phi) is 7.91. The maximum Gasteiger partial charge on any atom is 0.144 e. The Morgan fingerprint density at radius 1 is 1.29 bits per heavy atom. The zero-order chi connectivity index (χ0) is 13.3. The second-order valence-corrected chi connectivity index (χ2v) is 4.90. The molecule has 0 saturated heterocycles. The summed E-state index contributed by atoms with van der Waals surface area (Å²) in [4.78, 5) is 2.38. The second-order valence-electron chi connectivity index (χ2n) is 4.90. The van der Waals surface area contributed by atoms with E-state index in [0.717, 1.165) is 39.1 Å². The molecule has 0 rings (SSSR count). The molecule has 0 atom stereocenters. The molecule has 0 bridgehead atoms. The molecule has 5 nitrogen and oxygen atoms in total. The summed E-state index contributed by atoms with van der Waals surface area (Å²) in [5.41, 5.74) is 5.37. The van der Waals surface area contributed by atoms with Gasteiger partial charge in [-0.05, 0) is 26.1 Å². The number of amidine groups is 1. The minimum Gasteiger partial charge on any atom is -0.409 e. The van der Waals surface area contributed by atoms with Crippen LogP contribution < -0.4 is 11.1 Å². The van der Waals surface area contributed by atoms with E-state index < -0.39 is 0 Å². The molecule has 0 unspecified atom stereocenters. The van der Waals surface area contributed by atoms with E-state index in [4.69, 9.17) is 10.9 Å². The number of likely N-dealkylation sites (N-methyl/N-ethyl adjacent to an activating group) is 1. The van der Waals surface area contributed by atoms with E-state index in [0.29, 0.717) is 5.84 Å². The molecule has 0 aromatic rings. The fourth-order valence-electron chi connectivity index (χ4n) is 1.57. The molecule has 0 aliphatic heterocycles. The van der Waals surface area contributed by atoms with Crippen LogP contribution in [0.4, 0.5) is 0 Å². The van der Waals surface area contributed by atoms with Gasteiger partial charge in [0.1, 0.15) is 5.84 Å². The minimum atomic E-state index is -0.253. The van der Waals surface area contributed by atoms with E-state index in [2.05, 4.69) is 29.2 Å². The largest absolute Gasteiger partial charge is 0.409 e. The number of nitrogens with one attached hydrogen (secondary N) is 1. The molecular weight excluding hydrogens is 216 g/mol. The fraction of sp³-hybridized carbons (Fsp3) is 0.917. The number of hydrogen-bond donors (Lipinski definition) is 3. The van der Waals surface area contributed by atoms with Crippen LogP contribution in [0.1, 0.15) is 34.1 Å². The van der Waals surface area contributed by atoms with Crippen molar-refractivity contribution in [3.8, 4) is 0 Å². The molecule has 0 spiro atoms. The summed E-state index contributed by atoms with van der Waals surface area (Å²) in [5.74, 6) is 0.294. The Hall–Kier alpha value is -0.810. The van der Waals surface area contributed by atoms with Crippen LogP contribution >= 0.6 is 0 Å². The normalized spacial score (nSPS) is 13.4. The lowest BCUT2D eigenvalue weighted by atomic mass is 9.88. The SMILES string of the molecule is CCN(CC)CCNCCC(C)(C)C(N)=NO. The first-order chi connectivity index (χ1) is 7.97. The summed E-state index contributed by atoms with van der Waals surface area (Å²) < 4.78 is 0. The number of rotatable bonds is 9. The molecule has 0 saturated carbocycles. The summed E-state index contributed by atoms with van der Waals surface area (Å²) >= 11 is 0. The van der Waals surface area contributed by atoms with E-state index in [1.165, 1.54) is 0 Å². The first-order valence-corrected chi connectivity index (χ1v) is 6.39. The fourth-order valence-corrected chi connectivity index (χ4v) is 1.57. The third-order valence-corrected chi connectivity index (χ3v) is 3.23. The van der Waals surface area contributed by atoms with Crippen molar-refractivity contribution in [2.45, 2.75) is 34.1 Å². The van der Waals surface area contributed by atoms with Crippen molar-refractivity contribution in [1.29, 1.82) is 0 Å². The van der Waals surface area contributed by atoms with Gasteiger partial charge in [-0.25, -0.2) is 0 Å². The van der Waals surface area contributed by atoms with E-state index >= 15 is 0 Å². The molecule has 0 heterocycles. The molecule has 0 amide bonds. The summed E-state index contributed by atoms with van der Waals surface area (Å²) in [6.45, 7) is 13.4. The predicted octanol–water partition coefficient (Wildman–Crippen LogP) is 1.08. The summed E-state index contributed by atoms with van der Waals surface area (Å²) in [5, 5.41) is 15.1. The van der Waals surface area contributed by atoms with Crippen LogP contribution in [0, 0.1) is 5.41 Å². The number of hydrogen-bond acceptors (Lipinski definition) is 4. The maximum atomic E-state index is 8.65. The molecule has 102 valence electrons. The van der Waals surface area contributed by atoms with Gasteiger partial charge in [0, 0.05) is 18.5 Å². The van der Waals surface area contributed by atoms with Gasteiger partial charge in [-0.2, -0.15) is 0 Å². The van der Waals surface area contributed by atoms with Gasteiger partial charge >= 0.3 is 0 Å². The highest BCUT2D eigenvalue weighted by atomic mass is 16.4. The van der Waals surface area contributed by atoms with Crippen LogP contribution in [-0.2, 0) is 0 Å². The molecule has 4 N–H and O–H groups in total. The van der Waals surface area contributed by atoms with Crippen molar-refractivity contribution in [3.05, 3.63) is 0 Å². The van der Waals surface area contributed by atoms with E-state index in [1.54, 1.807) is 0 Å². The third-order valence-electron chi connectivity index (χ3n) is 3.23. The molecule has 0 radical (unpaired) electrons. The summed E-state index contributed by atoms with van der Waals surface area (Å²) in [6, 6.07) is 0. The first-order valence-electron chi connectivity index (χ1n) is 6.39. The Bertz CT molecular complexity index is 225. The zero-order valence-electron chi connectivity index (χ0n) is 11.7. The lowest BCUT2D eigenvalue weighted by Gasteiger charge is -2.23. The molecule has 5 heteroatoms. The van der Waals surface area contributed by atoms with E-state index in [1.807, 2.05) is 13.8 Å². The first kappa shape index (κ1) is 16.2. The lowest BCUT2D eigenvalue weighted by Crippen LogP contribution is -2.37. The van der Waals surface area contributed by atoms with Gasteiger partial charge in [0.2, 0.25) is 0 Å². The molecule has 0 aromatic heterocycles. The number of oxime groups is 1. The average Bonchev–Trinajstić information content (AvgIpc) is 2.32. The van der Waals surface area contributed by atoms with Crippen molar-refractivity contribution >= 4 is 5.84 Å². The standard InChI is InChI=1S/C12H28N4O/c1-5-16(6-2)10-9-14-8-7-12(3,4)11(13)15-17/h14,17H,5-10H2,1-4H3,(H2,13,15). The Balaban J connectivity index is 3.71. The van der Waals surface area contributed by atoms with Crippen LogP contribution in [0.2, 0.25) is 0 Å². The van der Waals surface area contributed by atoms with Crippen LogP contribution in [-0.4, -0.2) is 48.7 Å². The number of nitrogens with zero attached hydrogens (tertiary/aromatic N) is 2. The highest BCUT2D eigenvalue weighted by Crippen LogP contribution is 2.19. The number of nitrogens with two attached hydrogens (primary N) is 1. The average molecular weight is 244 g/mol. The van der Waals surface area contributed by atoms with Gasteiger partial charge in [-0.3, -0.25) is 0 Å². The van der Waals surface area contributed by atoms with Gasteiger partial charge in [-0.15, -0.1) is 0 Å². The van der Waals surface area contributed by atoms with Gasteiger partial charge in [-0.1, -0.05) is 32.9 Å². The van der Waals surface area contributed by atoms with Crippen LogP contribution in [0.25, 0.3) is 0 Å². The molecule has 0 aliphatic rings. The Morgan fingerprint density at radius 3 is 2.35 bits per heavy atom. The highest BCUT2D eigenvalue weighted by Gasteiger charge is 2.22. The molecule has 17 heavy (non-hydrogen) atoms. The molecule has 0 aromatic carbocycles. The van der Waals surface area contributed by atoms with Crippen molar-refractivity contribution in [1.82, 2.24) is 10.2 Å². The molecule has 0 fully saturated rings. The topological polar surface area (TPSA) is 73.9 Å². The zero-order valence-corrected chi connectivity index (χ0v) is 11.7. The molecular formula is C12H28N4O. The summed E-state index contributed by atoms with van der Waals surface area (Å²) in [6.07, 6.45) is 0.862. The van der Waals surface area contributed by atoms with Crippen molar-refractivity contribution < 1.29 is 5.21 Å². The highest BCUT2D eigenvalue weighted by molar-refractivity contribution is 5.85. The third kappa shape index (κ3) is 6.48. The van der Waals surface area contributed by atoms with Crippen LogP contribution in [0.15, 0.2) is 5.16 Å². The van der Waals surface area contributed by atoms with Crippen molar-refractivity contribution in [2.24, 2.45) is 16.3 Å². The smallest absolute Gasteiger partial charge is 0.144 e. The van der Waals surface area contributed by atoms with Gasteiger partial charge in [0.25, 0.3) is 0 Å². The predicted molar refractivity (Wildman–Crippen MR) is 72.5 cm³/mol. The minimum absolute atomic E-state index is 0.253. The monoisotopic (exact) mass is 244 g/mol. The van der Waals surface area contributed by atoms with Crippen molar-refractivity contribution in [2.75, 3.05) is 32.7 Å². The Labute approximate surface area is 105 Å². The quantitative estimate of drug-likeness (QED) is 0.186. The van der Waals surface area contributed by atoms with Crippen LogP contribution in [0.5, 0.6) is 0 Å². The van der Waals surface area contributed by atoms with Gasteiger partial charge in [0.15, 0.2) is 0 Å². The van der Waals surface area contributed by atoms with Gasteiger partial charge in [0.05, 0.1) is 0 Å².